The van der Waals surface area contributed by atoms with E-state index < -0.39 is 5.97 Å². The Morgan fingerprint density at radius 3 is 2.67 bits per heavy atom. The van der Waals surface area contributed by atoms with E-state index in [1.165, 1.54) is 14.0 Å². The lowest BCUT2D eigenvalue weighted by molar-refractivity contribution is -0.132. The number of esters is 1. The molecule has 0 bridgehead atoms. The molecule has 15 heavy (non-hydrogen) atoms. The van der Waals surface area contributed by atoms with E-state index in [4.69, 9.17) is 14.7 Å². The summed E-state index contributed by atoms with van der Waals surface area (Å²) >= 11 is 3.19. The molecule has 78 valence electrons. The van der Waals surface area contributed by atoms with E-state index in [1.807, 2.05) is 6.07 Å². The van der Waals surface area contributed by atoms with Gasteiger partial charge >= 0.3 is 5.97 Å². The van der Waals surface area contributed by atoms with Crippen molar-refractivity contribution in [3.8, 4) is 17.6 Å². The van der Waals surface area contributed by atoms with Crippen LogP contribution in [0, 0.1) is 11.3 Å². The van der Waals surface area contributed by atoms with E-state index in [-0.39, 0.29) is 11.3 Å². The van der Waals surface area contributed by atoms with Crippen LogP contribution in [0.5, 0.6) is 11.5 Å². The lowest BCUT2D eigenvalue weighted by Crippen LogP contribution is -2.05. The molecule has 5 heteroatoms. The molecule has 0 fully saturated rings. The Morgan fingerprint density at radius 2 is 2.20 bits per heavy atom. The number of rotatable bonds is 2. The molecule has 0 unspecified atom stereocenters. The first kappa shape index (κ1) is 11.5. The van der Waals surface area contributed by atoms with Crippen molar-refractivity contribution < 1.29 is 14.3 Å². The van der Waals surface area contributed by atoms with E-state index in [0.717, 1.165) is 0 Å². The molecule has 1 aromatic rings. The number of carbonyl (C=O) groups is 1. The Kier molecular flexibility index (Phi) is 3.69. The minimum Gasteiger partial charge on any atom is -0.493 e. The van der Waals surface area contributed by atoms with Crippen LogP contribution in [0.2, 0.25) is 0 Å². The van der Waals surface area contributed by atoms with Crippen LogP contribution in [0.4, 0.5) is 0 Å². The van der Waals surface area contributed by atoms with Gasteiger partial charge in [-0.1, -0.05) is 0 Å². The van der Waals surface area contributed by atoms with Crippen LogP contribution in [0.15, 0.2) is 16.6 Å². The molecule has 1 rings (SSSR count). The first-order valence-electron chi connectivity index (χ1n) is 4.05. The summed E-state index contributed by atoms with van der Waals surface area (Å²) in [6.07, 6.45) is 0. The van der Waals surface area contributed by atoms with Gasteiger partial charge in [-0.3, -0.25) is 4.79 Å². The third-order valence-electron chi connectivity index (χ3n) is 1.65. The average molecular weight is 270 g/mol. The number of benzene rings is 1. The van der Waals surface area contributed by atoms with Crippen LogP contribution in [0.25, 0.3) is 0 Å². The highest BCUT2D eigenvalue weighted by molar-refractivity contribution is 9.10. The first-order chi connectivity index (χ1) is 7.10. The molecule has 0 N–H and O–H groups in total. The maximum absolute atomic E-state index is 10.9. The predicted molar refractivity (Wildman–Crippen MR) is 56.7 cm³/mol. The number of nitriles is 1. The Bertz CT molecular complexity index is 437. The molecule has 0 radical (unpaired) electrons. The van der Waals surface area contributed by atoms with Crippen LogP contribution in [0.1, 0.15) is 12.5 Å². The summed E-state index contributed by atoms with van der Waals surface area (Å²) in [6, 6.07) is 5.21. The second-order valence-corrected chi connectivity index (χ2v) is 3.51. The molecule has 1 aromatic carbocycles. The van der Waals surface area contributed by atoms with Gasteiger partial charge in [-0.2, -0.15) is 5.26 Å². The van der Waals surface area contributed by atoms with Gasteiger partial charge in [0.2, 0.25) is 0 Å². The summed E-state index contributed by atoms with van der Waals surface area (Å²) in [6.45, 7) is 1.27. The summed E-state index contributed by atoms with van der Waals surface area (Å²) in [5, 5.41) is 8.91. The zero-order valence-electron chi connectivity index (χ0n) is 8.20. The minimum absolute atomic E-state index is 0.141. The van der Waals surface area contributed by atoms with Gasteiger partial charge in [-0.15, -0.1) is 0 Å². The number of carbonyl (C=O) groups excluding carboxylic acids is 1. The normalized spacial score (nSPS) is 9.20. The molecule has 0 aliphatic carbocycles. The second kappa shape index (κ2) is 4.80. The largest absolute Gasteiger partial charge is 0.493 e. The Labute approximate surface area is 95.5 Å². The molecule has 0 atom stereocenters. The van der Waals surface area contributed by atoms with Crippen LogP contribution < -0.4 is 9.47 Å². The Morgan fingerprint density at radius 1 is 1.53 bits per heavy atom. The molecular weight excluding hydrogens is 262 g/mol. The van der Waals surface area contributed by atoms with Gasteiger partial charge < -0.3 is 9.47 Å². The van der Waals surface area contributed by atoms with Gasteiger partial charge in [0.25, 0.3) is 0 Å². The lowest BCUT2D eigenvalue weighted by atomic mass is 10.2. The fraction of sp³-hybridized carbons (Fsp3) is 0.200. The molecule has 0 amide bonds. The highest BCUT2D eigenvalue weighted by Crippen LogP contribution is 2.35. The Hall–Kier alpha value is -1.54. The van der Waals surface area contributed by atoms with E-state index in [1.54, 1.807) is 12.1 Å². The smallest absolute Gasteiger partial charge is 0.308 e. The van der Waals surface area contributed by atoms with Gasteiger partial charge in [-0.05, 0) is 28.1 Å². The maximum Gasteiger partial charge on any atom is 0.308 e. The number of hydrogen-bond acceptors (Lipinski definition) is 4. The highest BCUT2D eigenvalue weighted by Gasteiger charge is 2.15. The zero-order chi connectivity index (χ0) is 11.4. The van der Waals surface area contributed by atoms with Crippen molar-refractivity contribution in [3.05, 3.63) is 22.2 Å². The van der Waals surface area contributed by atoms with Crippen molar-refractivity contribution >= 4 is 21.9 Å². The van der Waals surface area contributed by atoms with Crippen LogP contribution in [-0.4, -0.2) is 13.1 Å². The second-order valence-electron chi connectivity index (χ2n) is 2.66. The third kappa shape index (κ3) is 2.48. The standard InChI is InChI=1S/C10H8BrNO3/c1-6(13)15-10-7(5-12)8(11)3-4-9(10)14-2/h3-4H,1-2H3. The average Bonchev–Trinajstić information content (AvgIpc) is 2.18. The van der Waals surface area contributed by atoms with E-state index in [0.29, 0.717) is 10.2 Å². The molecule has 0 spiro atoms. The molecule has 0 aliphatic rings. The number of nitrogens with zero attached hydrogens (tertiary/aromatic N) is 1. The van der Waals surface area contributed by atoms with Crippen molar-refractivity contribution in [3.63, 3.8) is 0 Å². The highest BCUT2D eigenvalue weighted by atomic mass is 79.9. The van der Waals surface area contributed by atoms with Gasteiger partial charge in [0.05, 0.1) is 7.11 Å². The van der Waals surface area contributed by atoms with Crippen molar-refractivity contribution in [2.45, 2.75) is 6.92 Å². The minimum atomic E-state index is -0.497. The third-order valence-corrected chi connectivity index (χ3v) is 2.31. The molecule has 0 saturated carbocycles. The Balaban J connectivity index is 3.35. The van der Waals surface area contributed by atoms with Crippen molar-refractivity contribution in [1.29, 1.82) is 5.26 Å². The van der Waals surface area contributed by atoms with E-state index in [2.05, 4.69) is 15.9 Å². The number of ether oxygens (including phenoxy) is 2. The SMILES string of the molecule is COc1ccc(Br)c(C#N)c1OC(C)=O. The predicted octanol–water partition coefficient (Wildman–Crippen LogP) is 2.25. The zero-order valence-corrected chi connectivity index (χ0v) is 9.79. The van der Waals surface area contributed by atoms with Crippen LogP contribution in [0.3, 0.4) is 0 Å². The summed E-state index contributed by atoms with van der Waals surface area (Å²) in [4.78, 5) is 10.9. The number of hydrogen-bond donors (Lipinski definition) is 0. The monoisotopic (exact) mass is 269 g/mol. The van der Waals surface area contributed by atoms with E-state index in [9.17, 15) is 4.79 Å². The topological polar surface area (TPSA) is 59.3 Å². The van der Waals surface area contributed by atoms with Crippen LogP contribution >= 0.6 is 15.9 Å². The molecule has 0 aromatic heterocycles. The number of methoxy groups -OCH3 is 1. The fourth-order valence-electron chi connectivity index (χ4n) is 1.05. The van der Waals surface area contributed by atoms with Crippen molar-refractivity contribution in [2.24, 2.45) is 0 Å². The molecule has 0 aliphatic heterocycles. The summed E-state index contributed by atoms with van der Waals surface area (Å²) < 4.78 is 10.5. The maximum atomic E-state index is 10.9. The molecule has 0 heterocycles. The summed E-state index contributed by atoms with van der Waals surface area (Å²) in [7, 11) is 1.44. The molecule has 4 nitrogen and oxygen atoms in total. The summed E-state index contributed by atoms with van der Waals surface area (Å²) in [5.41, 5.74) is 0.240. The van der Waals surface area contributed by atoms with Gasteiger partial charge in [0, 0.05) is 11.4 Å². The first-order valence-corrected chi connectivity index (χ1v) is 4.84. The van der Waals surface area contributed by atoms with E-state index >= 15 is 0 Å². The van der Waals surface area contributed by atoms with Gasteiger partial charge in [0.1, 0.15) is 11.6 Å². The fourth-order valence-corrected chi connectivity index (χ4v) is 1.45. The van der Waals surface area contributed by atoms with Gasteiger partial charge in [0.15, 0.2) is 11.5 Å². The molecule has 0 saturated heterocycles. The van der Waals surface area contributed by atoms with Gasteiger partial charge in [-0.25, -0.2) is 0 Å². The summed E-state index contributed by atoms with van der Waals surface area (Å²) in [5.74, 6) is -0.00488. The van der Waals surface area contributed by atoms with Crippen LogP contribution in [-0.2, 0) is 4.79 Å². The van der Waals surface area contributed by atoms with Crippen molar-refractivity contribution in [2.75, 3.05) is 7.11 Å². The molecular formula is C10H8BrNO3. The lowest BCUT2D eigenvalue weighted by Gasteiger charge is -2.10. The van der Waals surface area contributed by atoms with Crippen molar-refractivity contribution in [1.82, 2.24) is 0 Å². The number of halogens is 1. The quantitative estimate of drug-likeness (QED) is 0.611.